The Kier molecular flexibility index (Phi) is 4.20. The van der Waals surface area contributed by atoms with Crippen molar-refractivity contribution in [2.45, 2.75) is 6.36 Å². The summed E-state index contributed by atoms with van der Waals surface area (Å²) in [7, 11) is 1.41. The van der Waals surface area contributed by atoms with Crippen molar-refractivity contribution in [1.29, 1.82) is 0 Å². The van der Waals surface area contributed by atoms with Crippen LogP contribution in [0.4, 0.5) is 18.9 Å². The average molecular weight is 313 g/mol. The quantitative estimate of drug-likeness (QED) is 0.628. The van der Waals surface area contributed by atoms with Gasteiger partial charge in [-0.25, -0.2) is 0 Å². The van der Waals surface area contributed by atoms with E-state index in [0.29, 0.717) is 11.3 Å². The van der Waals surface area contributed by atoms with Gasteiger partial charge < -0.3 is 9.47 Å². The van der Waals surface area contributed by atoms with Gasteiger partial charge in [-0.15, -0.1) is 13.2 Å². The Morgan fingerprint density at radius 2 is 1.64 bits per heavy atom. The first-order valence-corrected chi connectivity index (χ1v) is 5.99. The molecule has 0 heterocycles. The summed E-state index contributed by atoms with van der Waals surface area (Å²) in [5.74, 6) is -0.00184. The zero-order valence-electron chi connectivity index (χ0n) is 11.3. The second-order valence-electron chi connectivity index (χ2n) is 4.21. The maximum Gasteiger partial charge on any atom is 0.573 e. The largest absolute Gasteiger partial charge is 0.573 e. The molecular formula is C14H10F3NO4. The fourth-order valence-corrected chi connectivity index (χ4v) is 1.87. The summed E-state index contributed by atoms with van der Waals surface area (Å²) in [6, 6.07) is 8.94. The van der Waals surface area contributed by atoms with Crippen LogP contribution in [-0.2, 0) is 0 Å². The highest BCUT2D eigenvalue weighted by atomic mass is 19.4. The zero-order chi connectivity index (χ0) is 16.3. The number of nitro groups is 1. The molecule has 0 amide bonds. The highest BCUT2D eigenvalue weighted by molar-refractivity contribution is 5.75. The molecule has 0 unspecified atom stereocenters. The van der Waals surface area contributed by atoms with E-state index in [4.69, 9.17) is 4.74 Å². The van der Waals surface area contributed by atoms with Crippen LogP contribution < -0.4 is 9.47 Å². The Balaban J connectivity index is 2.41. The second kappa shape index (κ2) is 5.92. The summed E-state index contributed by atoms with van der Waals surface area (Å²) in [5, 5.41) is 11.0. The van der Waals surface area contributed by atoms with Crippen LogP contribution >= 0.6 is 0 Å². The van der Waals surface area contributed by atoms with E-state index in [9.17, 15) is 23.3 Å². The third-order valence-electron chi connectivity index (χ3n) is 2.80. The van der Waals surface area contributed by atoms with Gasteiger partial charge >= 0.3 is 6.36 Å². The lowest BCUT2D eigenvalue weighted by Crippen LogP contribution is -2.16. The summed E-state index contributed by atoms with van der Waals surface area (Å²) in [6.45, 7) is 0. The molecule has 0 spiro atoms. The molecule has 2 aromatic carbocycles. The molecule has 0 saturated heterocycles. The van der Waals surface area contributed by atoms with Crippen molar-refractivity contribution in [3.63, 3.8) is 0 Å². The molecular weight excluding hydrogens is 303 g/mol. The highest BCUT2D eigenvalue weighted by Crippen LogP contribution is 2.34. The Bertz CT molecular complexity index is 683. The first-order chi connectivity index (χ1) is 10.3. The number of nitrogens with zero attached hydrogens (tertiary/aromatic N) is 1. The third-order valence-corrected chi connectivity index (χ3v) is 2.80. The molecule has 116 valence electrons. The van der Waals surface area contributed by atoms with Gasteiger partial charge in [0.25, 0.3) is 5.69 Å². The number of hydrogen-bond donors (Lipinski definition) is 0. The molecule has 5 nitrogen and oxygen atoms in total. The topological polar surface area (TPSA) is 61.6 Å². The van der Waals surface area contributed by atoms with Crippen molar-refractivity contribution in [3.8, 4) is 22.6 Å². The highest BCUT2D eigenvalue weighted by Gasteiger charge is 2.31. The molecule has 8 heteroatoms. The van der Waals surface area contributed by atoms with Gasteiger partial charge in [0.15, 0.2) is 0 Å². The van der Waals surface area contributed by atoms with Crippen molar-refractivity contribution in [3.05, 3.63) is 52.6 Å². The normalized spacial score (nSPS) is 11.1. The molecule has 0 aliphatic heterocycles. The van der Waals surface area contributed by atoms with E-state index in [1.165, 1.54) is 37.4 Å². The molecule has 0 aliphatic rings. The predicted octanol–water partition coefficient (Wildman–Crippen LogP) is 4.17. The van der Waals surface area contributed by atoms with Crippen LogP contribution in [0.25, 0.3) is 11.1 Å². The van der Waals surface area contributed by atoms with E-state index >= 15 is 0 Å². The minimum atomic E-state index is -4.79. The van der Waals surface area contributed by atoms with Crippen molar-refractivity contribution >= 4 is 5.69 Å². The minimum Gasteiger partial charge on any atom is -0.497 e. The predicted molar refractivity (Wildman–Crippen MR) is 71.8 cm³/mol. The van der Waals surface area contributed by atoms with E-state index in [2.05, 4.69) is 4.74 Å². The number of nitro benzene ring substituents is 1. The zero-order valence-corrected chi connectivity index (χ0v) is 11.3. The smallest absolute Gasteiger partial charge is 0.497 e. The lowest BCUT2D eigenvalue weighted by Gasteiger charge is -2.10. The van der Waals surface area contributed by atoms with Gasteiger partial charge in [0.2, 0.25) is 0 Å². The number of ether oxygens (including phenoxy) is 2. The summed E-state index contributed by atoms with van der Waals surface area (Å²) < 4.78 is 45.1. The van der Waals surface area contributed by atoms with Crippen LogP contribution in [-0.4, -0.2) is 18.4 Å². The molecule has 0 atom stereocenters. The van der Waals surface area contributed by atoms with Crippen molar-refractivity contribution < 1.29 is 27.6 Å². The van der Waals surface area contributed by atoms with Crippen LogP contribution in [0, 0.1) is 10.1 Å². The van der Waals surface area contributed by atoms with Crippen molar-refractivity contribution in [2.24, 2.45) is 0 Å². The van der Waals surface area contributed by atoms with E-state index in [1.807, 2.05) is 0 Å². The van der Waals surface area contributed by atoms with Gasteiger partial charge in [0.1, 0.15) is 11.5 Å². The van der Waals surface area contributed by atoms with Gasteiger partial charge in [-0.1, -0.05) is 12.1 Å². The summed E-state index contributed by atoms with van der Waals surface area (Å²) >= 11 is 0. The van der Waals surface area contributed by atoms with Gasteiger partial charge in [-0.2, -0.15) is 0 Å². The Morgan fingerprint density at radius 1 is 1.05 bits per heavy atom. The minimum absolute atomic E-state index is 0.176. The lowest BCUT2D eigenvalue weighted by molar-refractivity contribution is -0.384. The standard InChI is InChI=1S/C14H10F3NO4/c1-21-11-6-7-13(18(19)20)12(8-11)9-2-4-10(5-3-9)22-14(15,16)17/h2-8H,1H3. The van der Waals surface area contributed by atoms with Crippen molar-refractivity contribution in [2.75, 3.05) is 7.11 Å². The molecule has 2 aromatic rings. The number of hydrogen-bond acceptors (Lipinski definition) is 4. The van der Waals surface area contributed by atoms with Gasteiger partial charge in [-0.3, -0.25) is 10.1 Å². The van der Waals surface area contributed by atoms with E-state index in [1.54, 1.807) is 0 Å². The molecule has 0 aromatic heterocycles. The van der Waals surface area contributed by atoms with E-state index in [-0.39, 0.29) is 11.3 Å². The molecule has 0 fully saturated rings. The summed E-state index contributed by atoms with van der Waals surface area (Å²) in [4.78, 5) is 10.5. The molecule has 22 heavy (non-hydrogen) atoms. The molecule has 0 bridgehead atoms. The molecule has 0 N–H and O–H groups in total. The van der Waals surface area contributed by atoms with Crippen LogP contribution in [0.15, 0.2) is 42.5 Å². The maximum atomic E-state index is 12.1. The lowest BCUT2D eigenvalue weighted by atomic mass is 10.0. The van der Waals surface area contributed by atoms with E-state index in [0.717, 1.165) is 12.1 Å². The Hall–Kier alpha value is -2.77. The molecule has 2 rings (SSSR count). The van der Waals surface area contributed by atoms with Crippen LogP contribution in [0.5, 0.6) is 11.5 Å². The maximum absolute atomic E-state index is 12.1. The molecule has 0 radical (unpaired) electrons. The monoisotopic (exact) mass is 313 g/mol. The Morgan fingerprint density at radius 3 is 2.14 bits per heavy atom. The van der Waals surface area contributed by atoms with Crippen molar-refractivity contribution in [1.82, 2.24) is 0 Å². The van der Waals surface area contributed by atoms with Gasteiger partial charge in [0.05, 0.1) is 17.6 Å². The average Bonchev–Trinajstić information content (AvgIpc) is 2.45. The number of alkyl halides is 3. The number of methoxy groups -OCH3 is 1. The number of benzene rings is 2. The second-order valence-corrected chi connectivity index (χ2v) is 4.21. The number of halogens is 3. The molecule has 0 aliphatic carbocycles. The Labute approximate surface area is 123 Å². The first-order valence-electron chi connectivity index (χ1n) is 5.99. The SMILES string of the molecule is COc1ccc([N+](=O)[O-])c(-c2ccc(OC(F)(F)F)cc2)c1. The van der Waals surface area contributed by atoms with Crippen LogP contribution in [0.1, 0.15) is 0 Å². The van der Waals surface area contributed by atoms with Gasteiger partial charge in [-0.05, 0) is 29.8 Å². The number of rotatable bonds is 4. The van der Waals surface area contributed by atoms with Gasteiger partial charge in [0, 0.05) is 6.07 Å². The van der Waals surface area contributed by atoms with Crippen LogP contribution in [0.3, 0.4) is 0 Å². The fourth-order valence-electron chi connectivity index (χ4n) is 1.87. The third kappa shape index (κ3) is 3.66. The summed E-state index contributed by atoms with van der Waals surface area (Å²) in [5.41, 5.74) is 0.438. The van der Waals surface area contributed by atoms with E-state index < -0.39 is 17.0 Å². The summed E-state index contributed by atoms with van der Waals surface area (Å²) in [6.07, 6.45) is -4.79. The fraction of sp³-hybridized carbons (Fsp3) is 0.143. The first kappa shape index (κ1) is 15.6. The molecule has 0 saturated carbocycles. The van der Waals surface area contributed by atoms with Crippen LogP contribution in [0.2, 0.25) is 0 Å².